The number of thioether (sulfide) groups is 1. The fourth-order valence-electron chi connectivity index (χ4n) is 2.40. The zero-order valence-electron chi connectivity index (χ0n) is 14.7. The lowest BCUT2D eigenvalue weighted by Gasteiger charge is -2.03. The Hall–Kier alpha value is -3.07. The van der Waals surface area contributed by atoms with Crippen LogP contribution in [0.15, 0.2) is 52.1 Å². The number of rotatable bonds is 8. The molecule has 140 valence electrons. The van der Waals surface area contributed by atoms with Gasteiger partial charge in [0, 0.05) is 11.8 Å². The van der Waals surface area contributed by atoms with Crippen molar-refractivity contribution in [2.75, 3.05) is 14.2 Å². The summed E-state index contributed by atoms with van der Waals surface area (Å²) in [4.78, 5) is 10.6. The van der Waals surface area contributed by atoms with E-state index in [2.05, 4.69) is 10.2 Å². The maximum atomic E-state index is 11.1. The Morgan fingerprint density at radius 2 is 1.81 bits per heavy atom. The molecule has 0 aliphatic heterocycles. The molecule has 0 amide bonds. The largest absolute Gasteiger partial charge is 0.497 e. The van der Waals surface area contributed by atoms with Crippen LogP contribution in [0.1, 0.15) is 17.0 Å². The van der Waals surface area contributed by atoms with Crippen molar-refractivity contribution >= 4 is 17.4 Å². The molecule has 0 saturated heterocycles. The van der Waals surface area contributed by atoms with Crippen molar-refractivity contribution in [3.63, 3.8) is 0 Å². The molecule has 0 unspecified atom stereocenters. The van der Waals surface area contributed by atoms with E-state index in [1.165, 1.54) is 24.9 Å². The topological polar surface area (TPSA) is 101 Å². The predicted molar refractivity (Wildman–Crippen MR) is 99.3 cm³/mol. The van der Waals surface area contributed by atoms with E-state index in [9.17, 15) is 10.1 Å². The molecule has 0 aliphatic carbocycles. The van der Waals surface area contributed by atoms with Gasteiger partial charge in [0.05, 0.1) is 25.6 Å². The summed E-state index contributed by atoms with van der Waals surface area (Å²) in [5.74, 6) is 1.99. The van der Waals surface area contributed by atoms with E-state index in [1.807, 2.05) is 24.3 Å². The summed E-state index contributed by atoms with van der Waals surface area (Å²) >= 11 is 1.32. The zero-order valence-corrected chi connectivity index (χ0v) is 15.6. The van der Waals surface area contributed by atoms with E-state index in [0.717, 1.165) is 16.9 Å². The third-order valence-electron chi connectivity index (χ3n) is 3.76. The van der Waals surface area contributed by atoms with Crippen molar-refractivity contribution < 1.29 is 18.8 Å². The minimum absolute atomic E-state index is 0.0682. The fourth-order valence-corrected chi connectivity index (χ4v) is 3.12. The van der Waals surface area contributed by atoms with Crippen molar-refractivity contribution in [3.8, 4) is 11.5 Å². The number of aromatic nitrogens is 2. The van der Waals surface area contributed by atoms with Gasteiger partial charge in [-0.1, -0.05) is 30.0 Å². The molecule has 8 nitrogen and oxygen atoms in total. The molecule has 2 aromatic carbocycles. The summed E-state index contributed by atoms with van der Waals surface area (Å²) in [7, 11) is 3.02. The van der Waals surface area contributed by atoms with Gasteiger partial charge in [0.15, 0.2) is 5.75 Å². The van der Waals surface area contributed by atoms with Gasteiger partial charge in [0.2, 0.25) is 5.89 Å². The fraction of sp³-hybridized carbons (Fsp3) is 0.222. The van der Waals surface area contributed by atoms with Gasteiger partial charge in [0.1, 0.15) is 5.75 Å². The lowest BCUT2D eigenvalue weighted by atomic mass is 10.1. The van der Waals surface area contributed by atoms with Gasteiger partial charge in [-0.25, -0.2) is 0 Å². The summed E-state index contributed by atoms with van der Waals surface area (Å²) in [6, 6.07) is 12.5. The van der Waals surface area contributed by atoms with E-state index in [-0.39, 0.29) is 11.4 Å². The monoisotopic (exact) mass is 387 g/mol. The van der Waals surface area contributed by atoms with E-state index in [0.29, 0.717) is 23.3 Å². The van der Waals surface area contributed by atoms with Crippen LogP contribution in [0.25, 0.3) is 0 Å². The molecule has 1 heterocycles. The molecule has 0 fully saturated rings. The van der Waals surface area contributed by atoms with Crippen LogP contribution in [-0.2, 0) is 12.2 Å². The Morgan fingerprint density at radius 3 is 2.48 bits per heavy atom. The molecule has 1 aromatic heterocycles. The SMILES string of the molecule is COc1ccc(Cc2nnc(SCc3ccc(OC)c([N+](=O)[O-])c3)o2)cc1. The highest BCUT2D eigenvalue weighted by molar-refractivity contribution is 7.98. The van der Waals surface area contributed by atoms with E-state index < -0.39 is 4.92 Å². The molecule has 0 saturated carbocycles. The molecule has 0 radical (unpaired) electrons. The lowest BCUT2D eigenvalue weighted by molar-refractivity contribution is -0.385. The number of nitro benzene ring substituents is 1. The number of ether oxygens (including phenoxy) is 2. The molecule has 0 N–H and O–H groups in total. The second-order valence-electron chi connectivity index (χ2n) is 5.54. The van der Waals surface area contributed by atoms with Crippen LogP contribution in [0.4, 0.5) is 5.69 Å². The molecule has 0 spiro atoms. The number of nitro groups is 1. The standard InChI is InChI=1S/C18H17N3O5S/c1-24-14-6-3-12(4-7-14)10-17-19-20-18(26-17)27-11-13-5-8-16(25-2)15(9-13)21(22)23/h3-9H,10-11H2,1-2H3. The normalized spacial score (nSPS) is 10.6. The molecule has 3 rings (SSSR count). The van der Waals surface area contributed by atoms with Gasteiger partial charge in [-0.3, -0.25) is 10.1 Å². The first-order valence-corrected chi connectivity index (χ1v) is 8.97. The average Bonchev–Trinajstić information content (AvgIpc) is 3.14. The van der Waals surface area contributed by atoms with Crippen LogP contribution >= 0.6 is 11.8 Å². The van der Waals surface area contributed by atoms with Gasteiger partial charge in [-0.15, -0.1) is 10.2 Å². The smallest absolute Gasteiger partial charge is 0.311 e. The van der Waals surface area contributed by atoms with Gasteiger partial charge in [-0.2, -0.15) is 0 Å². The zero-order chi connectivity index (χ0) is 19.2. The first kappa shape index (κ1) is 18.7. The second kappa shape index (κ2) is 8.54. The summed E-state index contributed by atoms with van der Waals surface area (Å²) in [5, 5.41) is 19.6. The number of hydrogen-bond donors (Lipinski definition) is 0. The third-order valence-corrected chi connectivity index (χ3v) is 4.65. The number of nitrogens with zero attached hydrogens (tertiary/aromatic N) is 3. The summed E-state index contributed by atoms with van der Waals surface area (Å²) in [5.41, 5.74) is 1.73. The van der Waals surface area contributed by atoms with Gasteiger partial charge in [-0.05, 0) is 29.3 Å². The Morgan fingerprint density at radius 1 is 1.07 bits per heavy atom. The van der Waals surface area contributed by atoms with Crippen molar-refractivity contribution in [1.29, 1.82) is 0 Å². The summed E-state index contributed by atoms with van der Waals surface area (Å²) in [6.07, 6.45) is 0.519. The maximum Gasteiger partial charge on any atom is 0.311 e. The highest BCUT2D eigenvalue weighted by atomic mass is 32.2. The molecule has 3 aromatic rings. The summed E-state index contributed by atoms with van der Waals surface area (Å²) in [6.45, 7) is 0. The molecule has 0 aliphatic rings. The minimum Gasteiger partial charge on any atom is -0.497 e. The Labute approximate surface area is 159 Å². The number of methoxy groups -OCH3 is 2. The van der Waals surface area contributed by atoms with Gasteiger partial charge in [0.25, 0.3) is 5.22 Å². The van der Waals surface area contributed by atoms with Crippen molar-refractivity contribution in [2.24, 2.45) is 0 Å². The van der Waals surface area contributed by atoms with Crippen molar-refractivity contribution in [1.82, 2.24) is 10.2 Å². The second-order valence-corrected chi connectivity index (χ2v) is 6.47. The molecule has 0 bridgehead atoms. The highest BCUT2D eigenvalue weighted by Crippen LogP contribution is 2.30. The highest BCUT2D eigenvalue weighted by Gasteiger charge is 2.16. The quantitative estimate of drug-likeness (QED) is 0.326. The number of hydrogen-bond acceptors (Lipinski definition) is 8. The average molecular weight is 387 g/mol. The third kappa shape index (κ3) is 4.76. The van der Waals surface area contributed by atoms with Gasteiger partial charge >= 0.3 is 5.69 Å². The Bertz CT molecular complexity index is 927. The molecule has 27 heavy (non-hydrogen) atoms. The Balaban J connectivity index is 1.62. The molecular formula is C18H17N3O5S. The van der Waals surface area contributed by atoms with E-state index >= 15 is 0 Å². The van der Waals surface area contributed by atoms with E-state index in [4.69, 9.17) is 13.9 Å². The Kier molecular flexibility index (Phi) is 5.92. The van der Waals surface area contributed by atoms with Crippen molar-refractivity contribution in [3.05, 3.63) is 69.6 Å². The maximum absolute atomic E-state index is 11.1. The lowest BCUT2D eigenvalue weighted by Crippen LogP contribution is -1.95. The van der Waals surface area contributed by atoms with Crippen LogP contribution in [-0.4, -0.2) is 29.3 Å². The van der Waals surface area contributed by atoms with Crippen molar-refractivity contribution in [2.45, 2.75) is 17.4 Å². The van der Waals surface area contributed by atoms with Gasteiger partial charge < -0.3 is 13.9 Å². The molecule has 9 heteroatoms. The minimum atomic E-state index is -0.466. The predicted octanol–water partition coefficient (Wildman–Crippen LogP) is 3.88. The van der Waals surface area contributed by atoms with Crippen LogP contribution in [0.5, 0.6) is 11.5 Å². The van der Waals surface area contributed by atoms with Crippen LogP contribution in [0, 0.1) is 10.1 Å². The molecule has 0 atom stereocenters. The van der Waals surface area contributed by atoms with Crippen LogP contribution < -0.4 is 9.47 Å². The number of benzene rings is 2. The first-order chi connectivity index (χ1) is 13.1. The van der Waals surface area contributed by atoms with Crippen LogP contribution in [0.2, 0.25) is 0 Å². The molecular weight excluding hydrogens is 370 g/mol. The van der Waals surface area contributed by atoms with E-state index in [1.54, 1.807) is 19.2 Å². The first-order valence-electron chi connectivity index (χ1n) is 7.98. The summed E-state index contributed by atoms with van der Waals surface area (Å²) < 4.78 is 15.8. The van der Waals surface area contributed by atoms with Crippen LogP contribution in [0.3, 0.4) is 0 Å².